The van der Waals surface area contributed by atoms with E-state index in [2.05, 4.69) is 37.3 Å². The highest BCUT2D eigenvalue weighted by Crippen LogP contribution is 2.14. The van der Waals surface area contributed by atoms with Crippen LogP contribution in [0.1, 0.15) is 44.9 Å². The van der Waals surface area contributed by atoms with Crippen molar-refractivity contribution >= 4 is 0 Å². The first-order valence-corrected chi connectivity index (χ1v) is 8.19. The van der Waals surface area contributed by atoms with Crippen LogP contribution in [0.25, 0.3) is 0 Å². The van der Waals surface area contributed by atoms with Crippen molar-refractivity contribution < 1.29 is 0 Å². The maximum Gasteiger partial charge on any atom is 0.0169 e. The highest BCUT2D eigenvalue weighted by molar-refractivity contribution is 4.85. The Hall–Kier alpha value is -1.28. The Morgan fingerprint density at radius 1 is 0.857 bits per heavy atom. The van der Waals surface area contributed by atoms with Crippen molar-refractivity contribution in [2.24, 2.45) is 17.6 Å². The number of allylic oxidation sites excluding steroid dienone is 4. The van der Waals surface area contributed by atoms with Crippen LogP contribution >= 0.6 is 0 Å². The van der Waals surface area contributed by atoms with Gasteiger partial charge in [-0.1, -0.05) is 24.3 Å². The van der Waals surface area contributed by atoms with Crippen LogP contribution in [-0.2, 0) is 0 Å². The second kappa shape index (κ2) is 15.1. The Morgan fingerprint density at radius 3 is 1.86 bits per heavy atom. The minimum absolute atomic E-state index is 0.568. The fraction of sp³-hybridized carbons (Fsp3) is 0.579. The quantitative estimate of drug-likeness (QED) is 0.434. The molecular formula is C19H34N2. The Labute approximate surface area is 131 Å². The molecule has 0 saturated heterocycles. The van der Waals surface area contributed by atoms with E-state index < -0.39 is 0 Å². The summed E-state index contributed by atoms with van der Waals surface area (Å²) in [5.74, 6) is 1.26. The molecule has 0 saturated carbocycles. The lowest BCUT2D eigenvalue weighted by Crippen LogP contribution is -2.18. The van der Waals surface area contributed by atoms with Crippen LogP contribution < -0.4 is 11.1 Å². The second-order valence-corrected chi connectivity index (χ2v) is 5.61. The maximum absolute atomic E-state index is 5.78. The van der Waals surface area contributed by atoms with Gasteiger partial charge >= 0.3 is 0 Å². The van der Waals surface area contributed by atoms with E-state index >= 15 is 0 Å². The number of rotatable bonds is 15. The summed E-state index contributed by atoms with van der Waals surface area (Å²) in [5, 5.41) is 3.43. The summed E-state index contributed by atoms with van der Waals surface area (Å²) in [5.41, 5.74) is 5.78. The van der Waals surface area contributed by atoms with Gasteiger partial charge in [-0.2, -0.15) is 0 Å². The van der Waals surface area contributed by atoms with Gasteiger partial charge in [0.05, 0.1) is 0 Å². The van der Waals surface area contributed by atoms with Crippen LogP contribution in [0.5, 0.6) is 0 Å². The third-order valence-electron chi connectivity index (χ3n) is 3.78. The Morgan fingerprint density at radius 2 is 1.38 bits per heavy atom. The first kappa shape index (κ1) is 19.7. The third-order valence-corrected chi connectivity index (χ3v) is 3.78. The summed E-state index contributed by atoms with van der Waals surface area (Å²) in [6.45, 7) is 13.1. The van der Waals surface area contributed by atoms with Gasteiger partial charge in [0.2, 0.25) is 0 Å². The first-order valence-electron chi connectivity index (χ1n) is 8.19. The monoisotopic (exact) mass is 290 g/mol. The van der Waals surface area contributed by atoms with Gasteiger partial charge in [-0.3, -0.25) is 0 Å². The molecule has 0 heterocycles. The number of nitrogens with one attached hydrogen (secondary N) is 1. The van der Waals surface area contributed by atoms with E-state index in [1.807, 2.05) is 18.2 Å². The minimum atomic E-state index is 0.568. The smallest absolute Gasteiger partial charge is 0.0169 e. The summed E-state index contributed by atoms with van der Waals surface area (Å²) in [6.07, 6.45) is 18.1. The van der Waals surface area contributed by atoms with Crippen molar-refractivity contribution in [1.29, 1.82) is 0 Å². The van der Waals surface area contributed by atoms with E-state index in [1.165, 1.54) is 12.8 Å². The molecule has 0 aliphatic rings. The predicted octanol–water partition coefficient (Wildman–Crippen LogP) is 4.57. The van der Waals surface area contributed by atoms with Gasteiger partial charge in [0.15, 0.2) is 0 Å². The van der Waals surface area contributed by atoms with Crippen molar-refractivity contribution in [3.8, 4) is 0 Å². The van der Waals surface area contributed by atoms with Crippen LogP contribution in [-0.4, -0.2) is 13.1 Å². The Balaban J connectivity index is 3.92. The zero-order valence-corrected chi connectivity index (χ0v) is 13.6. The maximum atomic E-state index is 5.78. The van der Waals surface area contributed by atoms with E-state index in [4.69, 9.17) is 5.73 Å². The molecule has 0 spiro atoms. The highest BCUT2D eigenvalue weighted by atomic mass is 14.8. The van der Waals surface area contributed by atoms with E-state index in [-0.39, 0.29) is 0 Å². The molecule has 0 fully saturated rings. The Bertz CT molecular complexity index is 282. The van der Waals surface area contributed by atoms with Gasteiger partial charge in [0.1, 0.15) is 0 Å². The molecule has 1 atom stereocenters. The van der Waals surface area contributed by atoms with E-state index in [9.17, 15) is 0 Å². The third kappa shape index (κ3) is 12.2. The van der Waals surface area contributed by atoms with Crippen LogP contribution in [0.3, 0.4) is 0 Å². The molecule has 0 bridgehead atoms. The molecule has 2 nitrogen and oxygen atoms in total. The molecule has 120 valence electrons. The summed E-state index contributed by atoms with van der Waals surface area (Å²) < 4.78 is 0. The van der Waals surface area contributed by atoms with Gasteiger partial charge in [-0.15, -0.1) is 19.7 Å². The zero-order chi connectivity index (χ0) is 15.8. The first-order chi connectivity index (χ1) is 10.3. The lowest BCUT2D eigenvalue weighted by atomic mass is 9.97. The fourth-order valence-electron chi connectivity index (χ4n) is 2.32. The average Bonchev–Trinajstić information content (AvgIpc) is 2.51. The van der Waals surface area contributed by atoms with E-state index in [0.29, 0.717) is 11.8 Å². The lowest BCUT2D eigenvalue weighted by molar-refractivity contribution is 0.445. The molecule has 2 heteroatoms. The SMILES string of the molecule is C=CCCC(CN)C/C=C/NCC(CCC=C)CCC=C. The molecule has 3 N–H and O–H groups in total. The van der Waals surface area contributed by atoms with Gasteiger partial charge < -0.3 is 11.1 Å². The lowest BCUT2D eigenvalue weighted by Gasteiger charge is -2.15. The molecule has 0 aromatic rings. The van der Waals surface area contributed by atoms with Crippen molar-refractivity contribution in [2.45, 2.75) is 44.9 Å². The molecule has 21 heavy (non-hydrogen) atoms. The predicted molar refractivity (Wildman–Crippen MR) is 96.1 cm³/mol. The fourth-order valence-corrected chi connectivity index (χ4v) is 2.32. The second-order valence-electron chi connectivity index (χ2n) is 5.61. The van der Waals surface area contributed by atoms with Gasteiger partial charge in [-0.25, -0.2) is 0 Å². The van der Waals surface area contributed by atoms with E-state index in [0.717, 1.165) is 45.2 Å². The molecular weight excluding hydrogens is 256 g/mol. The van der Waals surface area contributed by atoms with Crippen molar-refractivity contribution in [1.82, 2.24) is 5.32 Å². The Kier molecular flexibility index (Phi) is 14.2. The molecule has 0 amide bonds. The zero-order valence-electron chi connectivity index (χ0n) is 13.6. The molecule has 0 radical (unpaired) electrons. The number of hydrogen-bond acceptors (Lipinski definition) is 2. The molecule has 1 unspecified atom stereocenters. The van der Waals surface area contributed by atoms with Gasteiger partial charge in [0, 0.05) is 6.54 Å². The summed E-state index contributed by atoms with van der Waals surface area (Å²) in [6, 6.07) is 0. The summed E-state index contributed by atoms with van der Waals surface area (Å²) in [4.78, 5) is 0. The van der Waals surface area contributed by atoms with Gasteiger partial charge in [0.25, 0.3) is 0 Å². The standard InChI is InChI=1S/C19H34N2/c1-4-7-11-18(16-20)14-10-15-21-17-19(12-8-5-2)13-9-6-3/h4-6,10,15,18-19,21H,1-3,7-9,11-14,16-17,20H2/b15-10+. The largest absolute Gasteiger partial charge is 0.391 e. The van der Waals surface area contributed by atoms with Crippen LogP contribution in [0, 0.1) is 11.8 Å². The van der Waals surface area contributed by atoms with E-state index in [1.54, 1.807) is 0 Å². The minimum Gasteiger partial charge on any atom is -0.391 e. The average molecular weight is 290 g/mol. The van der Waals surface area contributed by atoms with Crippen molar-refractivity contribution in [2.75, 3.05) is 13.1 Å². The summed E-state index contributed by atoms with van der Waals surface area (Å²) >= 11 is 0. The number of nitrogens with two attached hydrogens (primary N) is 1. The number of hydrogen-bond donors (Lipinski definition) is 2. The molecule has 0 aliphatic heterocycles. The summed E-state index contributed by atoms with van der Waals surface area (Å²) in [7, 11) is 0. The van der Waals surface area contributed by atoms with Crippen LogP contribution in [0.2, 0.25) is 0 Å². The topological polar surface area (TPSA) is 38.0 Å². The van der Waals surface area contributed by atoms with Gasteiger partial charge in [-0.05, 0) is 69.5 Å². The molecule has 0 aromatic heterocycles. The molecule has 0 rings (SSSR count). The molecule has 0 aromatic carbocycles. The molecule has 0 aliphatic carbocycles. The van der Waals surface area contributed by atoms with Crippen molar-refractivity contribution in [3.63, 3.8) is 0 Å². The highest BCUT2D eigenvalue weighted by Gasteiger charge is 2.06. The van der Waals surface area contributed by atoms with Crippen molar-refractivity contribution in [3.05, 3.63) is 50.2 Å². The van der Waals surface area contributed by atoms with Crippen LogP contribution in [0.15, 0.2) is 50.2 Å². The van der Waals surface area contributed by atoms with Crippen LogP contribution in [0.4, 0.5) is 0 Å². The normalized spacial score (nSPS) is 12.5.